The molecule has 0 fully saturated rings. The van der Waals surface area contributed by atoms with Crippen molar-refractivity contribution in [2.24, 2.45) is 0 Å². The Morgan fingerprint density at radius 1 is 1.03 bits per heavy atom. The number of rotatable bonds is 7. The molecule has 5 nitrogen and oxygen atoms in total. The largest absolute Gasteiger partial charge is 0.497 e. The third-order valence-corrected chi connectivity index (χ3v) is 6.17. The van der Waals surface area contributed by atoms with Gasteiger partial charge < -0.3 is 4.74 Å². The molecular formula is C24H26FN3O2S. The minimum Gasteiger partial charge on any atom is -0.497 e. The van der Waals surface area contributed by atoms with Crippen LogP contribution in [0.4, 0.5) is 4.39 Å². The van der Waals surface area contributed by atoms with Crippen LogP contribution in [0.25, 0.3) is 28.2 Å². The van der Waals surface area contributed by atoms with E-state index in [0.29, 0.717) is 16.4 Å². The molecule has 0 aliphatic carbocycles. The smallest absolute Gasteiger partial charge is 0.157 e. The Labute approximate surface area is 184 Å². The average Bonchev–Trinajstić information content (AvgIpc) is 3.22. The number of ether oxygens (including phenoxy) is 1. The Kier molecular flexibility index (Phi) is 7.17. The fraction of sp³-hybridized carbons (Fsp3) is 0.250. The van der Waals surface area contributed by atoms with Crippen molar-refractivity contribution < 1.29 is 13.3 Å². The summed E-state index contributed by atoms with van der Waals surface area (Å²) >= 11 is 0. The molecule has 0 amide bonds. The Hall–Kier alpha value is -3.06. The van der Waals surface area contributed by atoms with E-state index in [1.165, 1.54) is 12.1 Å². The van der Waals surface area contributed by atoms with E-state index in [9.17, 15) is 8.60 Å². The number of hydrogen-bond donors (Lipinski definition) is 0. The van der Waals surface area contributed by atoms with Gasteiger partial charge >= 0.3 is 0 Å². The van der Waals surface area contributed by atoms with Crippen molar-refractivity contribution in [1.29, 1.82) is 0 Å². The third-order valence-electron chi connectivity index (χ3n) is 4.85. The Morgan fingerprint density at radius 2 is 1.71 bits per heavy atom. The highest BCUT2D eigenvalue weighted by Gasteiger charge is 2.15. The van der Waals surface area contributed by atoms with Gasteiger partial charge in [-0.25, -0.2) is 13.9 Å². The van der Waals surface area contributed by atoms with Crippen LogP contribution in [-0.2, 0) is 10.8 Å². The minimum atomic E-state index is -1.19. The molecule has 0 saturated heterocycles. The molecule has 0 bridgehead atoms. The molecule has 31 heavy (non-hydrogen) atoms. The summed E-state index contributed by atoms with van der Waals surface area (Å²) in [6, 6.07) is 17.5. The summed E-state index contributed by atoms with van der Waals surface area (Å²) < 4.78 is 33.0. The number of hydrogen-bond acceptors (Lipinski definition) is 4. The van der Waals surface area contributed by atoms with Crippen molar-refractivity contribution >= 4 is 16.4 Å². The van der Waals surface area contributed by atoms with E-state index in [1.54, 1.807) is 29.8 Å². The van der Waals surface area contributed by atoms with Crippen LogP contribution in [0.3, 0.4) is 0 Å². The lowest BCUT2D eigenvalue weighted by Crippen LogP contribution is -2.01. The molecule has 1 unspecified atom stereocenters. The van der Waals surface area contributed by atoms with Gasteiger partial charge in [0.25, 0.3) is 0 Å². The van der Waals surface area contributed by atoms with Crippen molar-refractivity contribution in [2.45, 2.75) is 32.2 Å². The molecule has 0 saturated carbocycles. The molecule has 4 rings (SSSR count). The molecule has 162 valence electrons. The van der Waals surface area contributed by atoms with E-state index >= 15 is 0 Å². The summed E-state index contributed by atoms with van der Waals surface area (Å²) in [5.74, 6) is 1.02. The molecule has 0 aliphatic heterocycles. The van der Waals surface area contributed by atoms with Crippen LogP contribution in [0.2, 0.25) is 0 Å². The number of benzene rings is 2. The third kappa shape index (κ3) is 4.82. The predicted octanol–water partition coefficient (Wildman–Crippen LogP) is 5.75. The van der Waals surface area contributed by atoms with E-state index < -0.39 is 10.8 Å². The molecule has 0 N–H and O–H groups in total. The van der Waals surface area contributed by atoms with E-state index in [0.717, 1.165) is 41.1 Å². The van der Waals surface area contributed by atoms with E-state index in [4.69, 9.17) is 9.72 Å². The zero-order chi connectivity index (χ0) is 21.1. The molecule has 2 aromatic carbocycles. The highest BCUT2D eigenvalue weighted by atomic mass is 32.2. The van der Waals surface area contributed by atoms with Crippen LogP contribution >= 0.6 is 0 Å². The first-order chi connectivity index (χ1) is 14.6. The van der Waals surface area contributed by atoms with Gasteiger partial charge in [0.15, 0.2) is 10.7 Å². The second kappa shape index (κ2) is 9.83. The van der Waals surface area contributed by atoms with Crippen LogP contribution in [-0.4, -0.2) is 31.7 Å². The molecule has 2 heterocycles. The van der Waals surface area contributed by atoms with Crippen molar-refractivity contribution in [2.75, 3.05) is 12.9 Å². The highest BCUT2D eigenvalue weighted by molar-refractivity contribution is 7.84. The average molecular weight is 440 g/mol. The number of aromatic nitrogens is 3. The molecule has 0 aliphatic rings. The summed E-state index contributed by atoms with van der Waals surface area (Å²) in [4.78, 5) is 4.74. The molecular weight excluding hydrogens is 413 g/mol. The maximum Gasteiger partial charge on any atom is 0.157 e. The van der Waals surface area contributed by atoms with Crippen molar-refractivity contribution in [3.63, 3.8) is 0 Å². The van der Waals surface area contributed by atoms with E-state index in [2.05, 4.69) is 12.0 Å². The maximum absolute atomic E-state index is 13.5. The Morgan fingerprint density at radius 3 is 2.35 bits per heavy atom. The first-order valence-electron chi connectivity index (χ1n) is 9.78. The van der Waals surface area contributed by atoms with E-state index in [-0.39, 0.29) is 13.2 Å². The van der Waals surface area contributed by atoms with Gasteiger partial charge in [0, 0.05) is 22.9 Å². The van der Waals surface area contributed by atoms with Gasteiger partial charge in [-0.2, -0.15) is 5.10 Å². The quantitative estimate of drug-likeness (QED) is 0.368. The fourth-order valence-corrected chi connectivity index (χ4v) is 4.35. The summed E-state index contributed by atoms with van der Waals surface area (Å²) in [6.45, 7) is 2.07. The first kappa shape index (κ1) is 22.6. The minimum absolute atomic E-state index is 0. The number of fused-ring (bicyclic) bond motifs is 1. The lowest BCUT2D eigenvalue weighted by molar-refractivity contribution is 0.415. The number of methoxy groups -OCH3 is 1. The van der Waals surface area contributed by atoms with Gasteiger partial charge in [0.05, 0.1) is 29.3 Å². The van der Waals surface area contributed by atoms with Gasteiger partial charge in [0.2, 0.25) is 0 Å². The van der Waals surface area contributed by atoms with Crippen LogP contribution < -0.4 is 4.74 Å². The molecule has 1 atom stereocenters. The zero-order valence-corrected chi connectivity index (χ0v) is 17.7. The molecule has 2 aromatic heterocycles. The van der Waals surface area contributed by atoms with Gasteiger partial charge in [-0.3, -0.25) is 4.21 Å². The van der Waals surface area contributed by atoms with Crippen LogP contribution in [0.5, 0.6) is 5.75 Å². The summed E-state index contributed by atoms with van der Waals surface area (Å²) in [5, 5.41) is 5.07. The molecule has 4 aromatic rings. The first-order valence-corrected chi connectivity index (χ1v) is 11.1. The summed E-state index contributed by atoms with van der Waals surface area (Å²) in [6.07, 6.45) is 1.84. The van der Waals surface area contributed by atoms with Crippen LogP contribution in [0, 0.1) is 5.82 Å². The number of nitrogens with zero attached hydrogens (tertiary/aromatic N) is 3. The standard InChI is InChI=1S/C23H22FN3O2S.CH4/c1-3-4-13-30(28)23-15-22-25-20(16-7-11-19(29-2)12-8-16)14-21(27(22)26-23)17-5-9-18(24)10-6-17;/h5-12,14-15H,3-4,13H2,1-2H3;1H4. The number of unbranched alkanes of at least 4 members (excludes halogenated alkanes) is 1. The van der Waals surface area contributed by atoms with Crippen molar-refractivity contribution in [1.82, 2.24) is 14.6 Å². The SMILES string of the molecule is C.CCCCS(=O)c1cc2nc(-c3ccc(OC)cc3)cc(-c3ccc(F)cc3)n2n1. The molecule has 7 heteroatoms. The van der Waals surface area contributed by atoms with Crippen molar-refractivity contribution in [3.05, 3.63) is 66.5 Å². The molecule has 0 spiro atoms. The Bertz CT molecular complexity index is 1190. The van der Waals surface area contributed by atoms with Gasteiger partial charge in [-0.05, 0) is 61.0 Å². The topological polar surface area (TPSA) is 56.5 Å². The second-order valence-electron chi connectivity index (χ2n) is 6.92. The predicted molar refractivity (Wildman–Crippen MR) is 123 cm³/mol. The maximum atomic E-state index is 13.5. The van der Waals surface area contributed by atoms with Crippen molar-refractivity contribution in [3.8, 4) is 28.3 Å². The van der Waals surface area contributed by atoms with E-state index in [1.807, 2.05) is 30.3 Å². The number of halogens is 1. The zero-order valence-electron chi connectivity index (χ0n) is 16.8. The van der Waals surface area contributed by atoms with Gasteiger partial charge in [0.1, 0.15) is 11.6 Å². The lowest BCUT2D eigenvalue weighted by atomic mass is 10.1. The highest BCUT2D eigenvalue weighted by Crippen LogP contribution is 2.28. The van der Waals surface area contributed by atoms with Crippen LogP contribution in [0.1, 0.15) is 27.2 Å². The Balaban J connectivity index is 0.00000272. The lowest BCUT2D eigenvalue weighted by Gasteiger charge is -2.09. The summed E-state index contributed by atoms with van der Waals surface area (Å²) in [5.41, 5.74) is 3.81. The van der Waals surface area contributed by atoms with Gasteiger partial charge in [-0.15, -0.1) is 0 Å². The fourth-order valence-electron chi connectivity index (χ4n) is 3.18. The normalized spacial score (nSPS) is 11.8. The summed E-state index contributed by atoms with van der Waals surface area (Å²) in [7, 11) is 0.435. The second-order valence-corrected chi connectivity index (χ2v) is 8.44. The van der Waals surface area contributed by atoms with Crippen LogP contribution in [0.15, 0.2) is 65.7 Å². The molecule has 0 radical (unpaired) electrons. The monoisotopic (exact) mass is 439 g/mol. The van der Waals surface area contributed by atoms with Gasteiger partial charge in [-0.1, -0.05) is 20.8 Å².